The molecule has 3 rings (SSSR count). The standard InChI is InChI=1S/C17H29N5O5S.2ClH/c1-11(2)17(25)18-14-7-12(15(23)16(14)24)8-22-10-13(19-20-22)9-21-3-5-28(26,27)6-4-21;;/h10-12,14-16,23-24H,3-9H2,1-2H3,(H,18,25);2*1H/t12-,14-,15-,16+;;/m1../s1. The summed E-state index contributed by atoms with van der Waals surface area (Å²) in [5, 5.41) is 31.6. The fourth-order valence-electron chi connectivity index (χ4n) is 3.68. The second-order valence-electron chi connectivity index (χ2n) is 8.11. The minimum absolute atomic E-state index is 0. The maximum absolute atomic E-state index is 11.9. The van der Waals surface area contributed by atoms with Crippen molar-refractivity contribution in [2.24, 2.45) is 11.8 Å². The highest BCUT2D eigenvalue weighted by Gasteiger charge is 2.42. The summed E-state index contributed by atoms with van der Waals surface area (Å²) in [6.45, 7) is 5.44. The molecule has 0 spiro atoms. The van der Waals surface area contributed by atoms with Gasteiger partial charge in [-0.3, -0.25) is 14.4 Å². The monoisotopic (exact) mass is 487 g/mol. The van der Waals surface area contributed by atoms with Crippen molar-refractivity contribution in [3.63, 3.8) is 0 Å². The molecule has 1 aliphatic carbocycles. The Morgan fingerprint density at radius 2 is 1.87 bits per heavy atom. The number of rotatable bonds is 6. The van der Waals surface area contributed by atoms with Crippen molar-refractivity contribution in [1.82, 2.24) is 25.2 Å². The van der Waals surface area contributed by atoms with Gasteiger partial charge in [0.15, 0.2) is 9.84 Å². The molecule has 2 aliphatic rings. The van der Waals surface area contributed by atoms with Crippen LogP contribution in [0.5, 0.6) is 0 Å². The van der Waals surface area contributed by atoms with Crippen LogP contribution in [0.4, 0.5) is 0 Å². The summed E-state index contributed by atoms with van der Waals surface area (Å²) in [4.78, 5) is 13.9. The zero-order chi connectivity index (χ0) is 20.5. The quantitative estimate of drug-likeness (QED) is 0.475. The largest absolute Gasteiger partial charge is 0.390 e. The van der Waals surface area contributed by atoms with Crippen LogP contribution in [0.1, 0.15) is 26.0 Å². The van der Waals surface area contributed by atoms with Gasteiger partial charge < -0.3 is 15.5 Å². The van der Waals surface area contributed by atoms with Gasteiger partial charge in [0.1, 0.15) is 6.10 Å². The van der Waals surface area contributed by atoms with E-state index in [2.05, 4.69) is 15.6 Å². The van der Waals surface area contributed by atoms with Crippen LogP contribution >= 0.6 is 24.8 Å². The summed E-state index contributed by atoms with van der Waals surface area (Å²) in [6.07, 6.45) is 0.283. The highest BCUT2D eigenvalue weighted by molar-refractivity contribution is 7.91. The van der Waals surface area contributed by atoms with E-state index in [-0.39, 0.29) is 54.1 Å². The van der Waals surface area contributed by atoms with Crippen LogP contribution in [0, 0.1) is 11.8 Å². The molecule has 1 aromatic rings. The molecular weight excluding hydrogens is 457 g/mol. The topological polar surface area (TPSA) is 138 Å². The van der Waals surface area contributed by atoms with Crippen molar-refractivity contribution in [1.29, 1.82) is 0 Å². The molecule has 30 heavy (non-hydrogen) atoms. The Morgan fingerprint density at radius 1 is 1.23 bits per heavy atom. The van der Waals surface area contributed by atoms with Crippen LogP contribution in [0.25, 0.3) is 0 Å². The second-order valence-corrected chi connectivity index (χ2v) is 10.4. The lowest BCUT2D eigenvalue weighted by Gasteiger charge is -2.25. The lowest BCUT2D eigenvalue weighted by molar-refractivity contribution is -0.125. The van der Waals surface area contributed by atoms with Crippen LogP contribution in [0.2, 0.25) is 0 Å². The third kappa shape index (κ3) is 6.76. The first-order valence-corrected chi connectivity index (χ1v) is 11.4. The zero-order valence-electron chi connectivity index (χ0n) is 17.0. The average molecular weight is 488 g/mol. The van der Waals surface area contributed by atoms with E-state index < -0.39 is 28.1 Å². The predicted octanol–water partition coefficient (Wildman–Crippen LogP) is -0.765. The molecule has 3 N–H and O–H groups in total. The number of aliphatic hydroxyl groups is 2. The summed E-state index contributed by atoms with van der Waals surface area (Å²) in [6, 6.07) is -0.479. The molecule has 1 saturated heterocycles. The molecule has 0 bridgehead atoms. The smallest absolute Gasteiger partial charge is 0.222 e. The maximum Gasteiger partial charge on any atom is 0.222 e. The van der Waals surface area contributed by atoms with Crippen LogP contribution in [0.15, 0.2) is 6.20 Å². The van der Waals surface area contributed by atoms with Crippen molar-refractivity contribution < 1.29 is 23.4 Å². The summed E-state index contributed by atoms with van der Waals surface area (Å²) < 4.78 is 24.6. The van der Waals surface area contributed by atoms with Gasteiger partial charge in [-0.25, -0.2) is 8.42 Å². The Balaban J connectivity index is 0.00000225. The summed E-state index contributed by atoms with van der Waals surface area (Å²) in [5.74, 6) is -0.259. The van der Waals surface area contributed by atoms with Crippen LogP contribution in [-0.2, 0) is 27.7 Å². The molecule has 1 amide bonds. The number of aromatic nitrogens is 3. The van der Waals surface area contributed by atoms with E-state index in [4.69, 9.17) is 0 Å². The lowest BCUT2D eigenvalue weighted by Crippen LogP contribution is -2.44. The molecule has 13 heteroatoms. The molecule has 0 radical (unpaired) electrons. The number of halogens is 2. The van der Waals surface area contributed by atoms with Crippen molar-refractivity contribution in [2.75, 3.05) is 24.6 Å². The number of hydrogen-bond acceptors (Lipinski definition) is 8. The molecule has 2 heterocycles. The highest BCUT2D eigenvalue weighted by atomic mass is 35.5. The number of hydrogen-bond donors (Lipinski definition) is 3. The van der Waals surface area contributed by atoms with Gasteiger partial charge in [-0.2, -0.15) is 0 Å². The average Bonchev–Trinajstić information content (AvgIpc) is 3.17. The van der Waals surface area contributed by atoms with Gasteiger partial charge in [0.25, 0.3) is 0 Å². The van der Waals surface area contributed by atoms with Gasteiger partial charge in [0.05, 0.1) is 29.3 Å². The fourth-order valence-corrected chi connectivity index (χ4v) is 4.95. The van der Waals surface area contributed by atoms with E-state index in [1.54, 1.807) is 24.7 Å². The number of sulfone groups is 1. The van der Waals surface area contributed by atoms with Gasteiger partial charge in [-0.05, 0) is 6.42 Å². The zero-order valence-corrected chi connectivity index (χ0v) is 19.5. The number of carbonyl (C=O) groups excluding carboxylic acids is 1. The Kier molecular flexibility index (Phi) is 9.97. The van der Waals surface area contributed by atoms with Crippen molar-refractivity contribution in [3.05, 3.63) is 11.9 Å². The van der Waals surface area contributed by atoms with E-state index in [1.807, 2.05) is 4.90 Å². The Morgan fingerprint density at radius 3 is 2.47 bits per heavy atom. The number of carbonyl (C=O) groups is 1. The molecule has 1 aliphatic heterocycles. The summed E-state index contributed by atoms with van der Waals surface area (Å²) in [5.41, 5.74) is 0.733. The van der Waals surface area contributed by atoms with Gasteiger partial charge in [-0.15, -0.1) is 29.9 Å². The second kappa shape index (κ2) is 11.1. The van der Waals surface area contributed by atoms with E-state index in [9.17, 15) is 23.4 Å². The van der Waals surface area contributed by atoms with E-state index in [0.29, 0.717) is 32.6 Å². The molecular formula is C17H31Cl2N5O5S. The van der Waals surface area contributed by atoms with E-state index >= 15 is 0 Å². The normalized spacial score (nSPS) is 28.6. The lowest BCUT2D eigenvalue weighted by atomic mass is 10.1. The first kappa shape index (κ1) is 27.1. The Hall–Kier alpha value is -0.980. The molecule has 0 aromatic carbocycles. The number of nitrogens with one attached hydrogen (secondary N) is 1. The van der Waals surface area contributed by atoms with Crippen molar-refractivity contribution >= 4 is 40.6 Å². The Labute approximate surface area is 189 Å². The number of amides is 1. The first-order valence-electron chi connectivity index (χ1n) is 9.63. The molecule has 4 atom stereocenters. The van der Waals surface area contributed by atoms with Gasteiger partial charge in [-0.1, -0.05) is 19.1 Å². The third-order valence-corrected chi connectivity index (χ3v) is 7.09. The summed E-state index contributed by atoms with van der Waals surface area (Å²) in [7, 11) is -2.91. The number of aliphatic hydroxyl groups excluding tert-OH is 2. The van der Waals surface area contributed by atoms with Gasteiger partial charge >= 0.3 is 0 Å². The van der Waals surface area contributed by atoms with Crippen LogP contribution in [-0.4, -0.2) is 87.3 Å². The highest BCUT2D eigenvalue weighted by Crippen LogP contribution is 2.28. The van der Waals surface area contributed by atoms with Crippen molar-refractivity contribution in [3.8, 4) is 0 Å². The predicted molar refractivity (Wildman–Crippen MR) is 115 cm³/mol. The molecule has 0 unspecified atom stereocenters. The SMILES string of the molecule is CC(C)C(=O)N[C@@H]1C[C@H](Cn2cc(CN3CCS(=O)(=O)CC3)nn2)[C@@H](O)[C@H]1O.Cl.Cl. The minimum Gasteiger partial charge on any atom is -0.390 e. The van der Waals surface area contributed by atoms with E-state index in [1.165, 1.54) is 0 Å². The van der Waals surface area contributed by atoms with Crippen molar-refractivity contribution in [2.45, 2.75) is 51.6 Å². The van der Waals surface area contributed by atoms with Crippen LogP contribution in [0.3, 0.4) is 0 Å². The molecule has 10 nitrogen and oxygen atoms in total. The molecule has 1 aromatic heterocycles. The third-order valence-electron chi connectivity index (χ3n) is 5.48. The van der Waals surface area contributed by atoms with E-state index in [0.717, 1.165) is 5.69 Å². The minimum atomic E-state index is -2.91. The Bertz CT molecular complexity index is 792. The molecule has 174 valence electrons. The molecule has 1 saturated carbocycles. The van der Waals surface area contributed by atoms with Gasteiger partial charge in [0.2, 0.25) is 5.91 Å². The molecule has 2 fully saturated rings. The first-order chi connectivity index (χ1) is 13.1. The van der Waals surface area contributed by atoms with Crippen LogP contribution < -0.4 is 5.32 Å². The van der Waals surface area contributed by atoms with Gasteiger partial charge in [0, 0.05) is 44.2 Å². The number of nitrogens with zero attached hydrogens (tertiary/aromatic N) is 4. The summed E-state index contributed by atoms with van der Waals surface area (Å²) >= 11 is 0. The fraction of sp³-hybridized carbons (Fsp3) is 0.824. The maximum atomic E-state index is 11.9.